The van der Waals surface area contributed by atoms with Crippen LogP contribution in [0.2, 0.25) is 0 Å². The van der Waals surface area contributed by atoms with E-state index in [4.69, 9.17) is 16.6 Å². The molecule has 0 atom stereocenters. The molecule has 20 heavy (non-hydrogen) atoms. The maximum Gasteiger partial charge on any atom is 0.111 e. The lowest BCUT2D eigenvalue weighted by molar-refractivity contribution is 0.459. The van der Waals surface area contributed by atoms with Gasteiger partial charge in [-0.25, -0.2) is 4.98 Å². The van der Waals surface area contributed by atoms with Crippen LogP contribution in [-0.4, -0.2) is 31.1 Å². The van der Waals surface area contributed by atoms with Gasteiger partial charge >= 0.3 is 0 Å². The summed E-state index contributed by atoms with van der Waals surface area (Å²) in [7, 11) is -0.631. The quantitative estimate of drug-likeness (QED) is 0.560. The van der Waals surface area contributed by atoms with E-state index in [1.807, 2.05) is 0 Å². The van der Waals surface area contributed by atoms with Crippen molar-refractivity contribution in [3.8, 4) is 0 Å². The fraction of sp³-hybridized carbons (Fsp3) is 0.500. The Hall–Kier alpha value is -0.140. The number of nitrogens with zero attached hydrogens (tertiary/aromatic N) is 2. The van der Waals surface area contributed by atoms with Crippen molar-refractivity contribution >= 4 is 56.0 Å². The molecule has 2 aromatic rings. The molecule has 0 bridgehead atoms. The number of imidazole rings is 1. The summed E-state index contributed by atoms with van der Waals surface area (Å²) in [4.78, 5) is 4.76. The van der Waals surface area contributed by atoms with E-state index in [9.17, 15) is 4.21 Å². The Morgan fingerprint density at radius 3 is 2.85 bits per heavy atom. The Labute approximate surface area is 139 Å². The first kappa shape index (κ1) is 14.8. The molecule has 1 aromatic carbocycles. The fourth-order valence-electron chi connectivity index (χ4n) is 2.83. The SMILES string of the molecule is O=S1CCC(n2c(CCCl)nc3cc(I)ccc32)CC1. The van der Waals surface area contributed by atoms with Gasteiger partial charge in [0.2, 0.25) is 0 Å². The lowest BCUT2D eigenvalue weighted by atomic mass is 10.1. The van der Waals surface area contributed by atoms with Gasteiger partial charge in [0.05, 0.1) is 11.0 Å². The molecular formula is C14H16ClIN2OS. The molecule has 1 aliphatic heterocycles. The zero-order valence-electron chi connectivity index (χ0n) is 11.0. The normalized spacial score (nSPS) is 23.3. The van der Waals surface area contributed by atoms with Crippen LogP contribution in [-0.2, 0) is 17.2 Å². The van der Waals surface area contributed by atoms with E-state index in [2.05, 4.69) is 45.4 Å². The molecular weight excluding hydrogens is 407 g/mol. The monoisotopic (exact) mass is 422 g/mol. The van der Waals surface area contributed by atoms with Crippen molar-refractivity contribution in [1.82, 2.24) is 9.55 Å². The number of hydrogen-bond donors (Lipinski definition) is 0. The van der Waals surface area contributed by atoms with Crippen LogP contribution in [0.1, 0.15) is 24.7 Å². The molecule has 0 unspecified atom stereocenters. The minimum atomic E-state index is -0.631. The minimum Gasteiger partial charge on any atom is -0.325 e. The lowest BCUT2D eigenvalue weighted by Gasteiger charge is -2.25. The van der Waals surface area contributed by atoms with E-state index in [1.54, 1.807) is 0 Å². The highest BCUT2D eigenvalue weighted by molar-refractivity contribution is 14.1. The summed E-state index contributed by atoms with van der Waals surface area (Å²) in [6.45, 7) is 0. The molecule has 0 radical (unpaired) electrons. The van der Waals surface area contributed by atoms with Crippen LogP contribution in [0, 0.1) is 3.57 Å². The summed E-state index contributed by atoms with van der Waals surface area (Å²) in [6, 6.07) is 6.79. The average molecular weight is 423 g/mol. The second kappa shape index (κ2) is 6.32. The molecule has 0 aliphatic carbocycles. The van der Waals surface area contributed by atoms with E-state index < -0.39 is 10.8 Å². The molecule has 108 valence electrons. The summed E-state index contributed by atoms with van der Waals surface area (Å²) in [5, 5.41) is 0. The van der Waals surface area contributed by atoms with Gasteiger partial charge in [-0.3, -0.25) is 4.21 Å². The van der Waals surface area contributed by atoms with E-state index in [-0.39, 0.29) is 0 Å². The van der Waals surface area contributed by atoms with Gasteiger partial charge in [0.15, 0.2) is 0 Å². The summed E-state index contributed by atoms with van der Waals surface area (Å²) in [5.74, 6) is 3.25. The van der Waals surface area contributed by atoms with E-state index in [0.29, 0.717) is 11.9 Å². The first-order valence-electron chi connectivity index (χ1n) is 6.76. The van der Waals surface area contributed by atoms with Crippen molar-refractivity contribution in [3.63, 3.8) is 0 Å². The minimum absolute atomic E-state index is 0.413. The predicted molar refractivity (Wildman–Crippen MR) is 93.0 cm³/mol. The van der Waals surface area contributed by atoms with Gasteiger partial charge in [0, 0.05) is 44.2 Å². The molecule has 1 aliphatic rings. The number of halogens is 2. The third-order valence-electron chi connectivity index (χ3n) is 3.77. The molecule has 1 saturated heterocycles. The van der Waals surface area contributed by atoms with Crippen LogP contribution >= 0.6 is 34.2 Å². The highest BCUT2D eigenvalue weighted by atomic mass is 127. The summed E-state index contributed by atoms with van der Waals surface area (Å²) >= 11 is 8.24. The number of aryl methyl sites for hydroxylation is 1. The zero-order chi connectivity index (χ0) is 14.1. The number of rotatable bonds is 3. The van der Waals surface area contributed by atoms with Gasteiger partial charge < -0.3 is 4.57 Å². The molecule has 0 spiro atoms. The molecule has 3 rings (SSSR count). The van der Waals surface area contributed by atoms with Gasteiger partial charge in [-0.15, -0.1) is 11.6 Å². The lowest BCUT2D eigenvalue weighted by Crippen LogP contribution is -2.23. The average Bonchev–Trinajstić information content (AvgIpc) is 2.77. The zero-order valence-corrected chi connectivity index (χ0v) is 14.7. The van der Waals surface area contributed by atoms with Gasteiger partial charge in [0.1, 0.15) is 5.82 Å². The Bertz CT molecular complexity index is 648. The standard InChI is InChI=1S/C14H16ClIN2OS/c15-6-3-14-17-12-9-10(16)1-2-13(12)18(14)11-4-7-20(19)8-5-11/h1-2,9,11H,3-8H2. The Morgan fingerprint density at radius 2 is 2.15 bits per heavy atom. The van der Waals surface area contributed by atoms with E-state index in [0.717, 1.165) is 42.1 Å². The van der Waals surface area contributed by atoms with Crippen LogP contribution < -0.4 is 0 Å². The van der Waals surface area contributed by atoms with Crippen molar-refractivity contribution in [2.24, 2.45) is 0 Å². The van der Waals surface area contributed by atoms with E-state index >= 15 is 0 Å². The van der Waals surface area contributed by atoms with Crippen LogP contribution in [0.25, 0.3) is 11.0 Å². The molecule has 0 saturated carbocycles. The number of alkyl halides is 1. The predicted octanol–water partition coefficient (Wildman–Crippen LogP) is 3.51. The molecule has 0 N–H and O–H groups in total. The van der Waals surface area contributed by atoms with Crippen LogP contribution in [0.4, 0.5) is 0 Å². The Balaban J connectivity index is 2.06. The fourth-order valence-corrected chi connectivity index (χ4v) is 4.75. The Morgan fingerprint density at radius 1 is 1.40 bits per heavy atom. The highest BCUT2D eigenvalue weighted by Crippen LogP contribution is 2.29. The van der Waals surface area contributed by atoms with E-state index in [1.165, 1.54) is 9.09 Å². The van der Waals surface area contributed by atoms with Crippen molar-refractivity contribution in [1.29, 1.82) is 0 Å². The van der Waals surface area contributed by atoms with Gasteiger partial charge in [0.25, 0.3) is 0 Å². The smallest absolute Gasteiger partial charge is 0.111 e. The second-order valence-electron chi connectivity index (χ2n) is 5.05. The molecule has 2 heterocycles. The number of aromatic nitrogens is 2. The second-order valence-corrected chi connectivity index (χ2v) is 8.37. The Kier molecular flexibility index (Phi) is 4.67. The summed E-state index contributed by atoms with van der Waals surface area (Å²) in [5.41, 5.74) is 2.23. The van der Waals surface area contributed by atoms with Crippen molar-refractivity contribution < 1.29 is 4.21 Å². The van der Waals surface area contributed by atoms with Crippen molar-refractivity contribution in [2.75, 3.05) is 17.4 Å². The van der Waals surface area contributed by atoms with Gasteiger partial charge in [-0.2, -0.15) is 0 Å². The third-order valence-corrected chi connectivity index (χ3v) is 6.01. The van der Waals surface area contributed by atoms with Crippen LogP contribution in [0.5, 0.6) is 0 Å². The molecule has 1 aromatic heterocycles. The third kappa shape index (κ3) is 2.90. The largest absolute Gasteiger partial charge is 0.325 e. The number of fused-ring (bicyclic) bond motifs is 1. The number of benzene rings is 1. The molecule has 1 fully saturated rings. The van der Waals surface area contributed by atoms with Gasteiger partial charge in [-0.1, -0.05) is 0 Å². The topological polar surface area (TPSA) is 34.9 Å². The maximum atomic E-state index is 11.6. The molecule has 3 nitrogen and oxygen atoms in total. The number of hydrogen-bond acceptors (Lipinski definition) is 2. The first-order valence-corrected chi connectivity index (χ1v) is 9.86. The molecule has 6 heteroatoms. The maximum absolute atomic E-state index is 11.6. The van der Waals surface area contributed by atoms with Crippen molar-refractivity contribution in [3.05, 3.63) is 27.6 Å². The summed E-state index contributed by atoms with van der Waals surface area (Å²) < 4.78 is 15.1. The van der Waals surface area contributed by atoms with Crippen LogP contribution in [0.3, 0.4) is 0 Å². The van der Waals surface area contributed by atoms with Gasteiger partial charge in [-0.05, 0) is 53.6 Å². The highest BCUT2D eigenvalue weighted by Gasteiger charge is 2.23. The van der Waals surface area contributed by atoms with Crippen molar-refractivity contribution in [2.45, 2.75) is 25.3 Å². The first-order chi connectivity index (χ1) is 9.69. The molecule has 0 amide bonds. The van der Waals surface area contributed by atoms with Crippen LogP contribution in [0.15, 0.2) is 18.2 Å². The summed E-state index contributed by atoms with van der Waals surface area (Å²) in [6.07, 6.45) is 2.73.